The van der Waals surface area contributed by atoms with Crippen LogP contribution in [-0.4, -0.2) is 12.4 Å². The first-order valence-corrected chi connectivity index (χ1v) is 7.72. The molecular formula is C17H14F6N2S. The van der Waals surface area contributed by atoms with Gasteiger partial charge in [0.2, 0.25) is 0 Å². The molecule has 0 atom stereocenters. The second kappa shape index (κ2) is 7.16. The molecule has 1 heterocycles. The van der Waals surface area contributed by atoms with Gasteiger partial charge in [0.1, 0.15) is 12.1 Å². The highest BCUT2D eigenvalue weighted by Gasteiger charge is 2.55. The summed E-state index contributed by atoms with van der Waals surface area (Å²) in [5.41, 5.74) is -5.33. The summed E-state index contributed by atoms with van der Waals surface area (Å²) in [4.78, 5) is 1.35. The van der Waals surface area contributed by atoms with Crippen LogP contribution in [0, 0.1) is 42.4 Å². The van der Waals surface area contributed by atoms with Crippen LogP contribution in [0.4, 0.5) is 26.3 Å². The summed E-state index contributed by atoms with van der Waals surface area (Å²) >= 11 is 1.26. The fraction of sp³-hybridized carbons (Fsp3) is 0.412. The SMILES string of the molecule is C.Cc1cc(CC2C(C(F)(F)F)=C(C#N)C(C#N)=C2C(F)(F)F)c(C)s1. The van der Waals surface area contributed by atoms with Gasteiger partial charge in [-0.3, -0.25) is 0 Å². The van der Waals surface area contributed by atoms with Crippen molar-refractivity contribution in [1.82, 2.24) is 0 Å². The summed E-state index contributed by atoms with van der Waals surface area (Å²) in [6.45, 7) is 3.30. The molecular weight excluding hydrogens is 378 g/mol. The van der Waals surface area contributed by atoms with E-state index in [1.54, 1.807) is 13.8 Å². The van der Waals surface area contributed by atoms with Crippen LogP contribution in [-0.2, 0) is 6.42 Å². The molecule has 0 N–H and O–H groups in total. The van der Waals surface area contributed by atoms with E-state index in [2.05, 4.69) is 0 Å². The molecule has 0 radical (unpaired) electrons. The van der Waals surface area contributed by atoms with E-state index in [-0.39, 0.29) is 7.43 Å². The summed E-state index contributed by atoms with van der Waals surface area (Å²) in [6.07, 6.45) is -10.9. The summed E-state index contributed by atoms with van der Waals surface area (Å²) in [7, 11) is 0. The van der Waals surface area contributed by atoms with Crippen LogP contribution in [0.2, 0.25) is 0 Å². The van der Waals surface area contributed by atoms with Crippen LogP contribution >= 0.6 is 11.3 Å². The Labute approximate surface area is 150 Å². The fourth-order valence-electron chi connectivity index (χ4n) is 2.98. The van der Waals surface area contributed by atoms with Gasteiger partial charge in [-0.1, -0.05) is 7.43 Å². The average molecular weight is 392 g/mol. The van der Waals surface area contributed by atoms with Crippen molar-refractivity contribution in [3.63, 3.8) is 0 Å². The lowest BCUT2D eigenvalue weighted by Gasteiger charge is -2.22. The summed E-state index contributed by atoms with van der Waals surface area (Å²) in [5.74, 6) is -2.13. The normalized spacial score (nSPS) is 15.8. The molecule has 1 aromatic rings. The molecule has 0 saturated carbocycles. The highest BCUT2D eigenvalue weighted by molar-refractivity contribution is 7.12. The van der Waals surface area contributed by atoms with E-state index >= 15 is 0 Å². The fourth-order valence-corrected chi connectivity index (χ4v) is 3.94. The molecule has 2 nitrogen and oxygen atoms in total. The zero-order chi connectivity index (χ0) is 19.2. The number of rotatable bonds is 2. The molecule has 0 aromatic carbocycles. The standard InChI is InChI=1S/C16H10F6N2S.CH4/c1-7-3-9(8(2)25-7)4-10-13(15(17,18)19)11(5-23)12(6-24)14(10)16(20,21)22;/h3,10H,4H2,1-2H3;1H4. The monoisotopic (exact) mass is 392 g/mol. The molecule has 140 valence electrons. The number of hydrogen-bond acceptors (Lipinski definition) is 3. The average Bonchev–Trinajstić information content (AvgIpc) is 2.94. The molecule has 9 heteroatoms. The number of aryl methyl sites for hydroxylation is 2. The molecule has 0 fully saturated rings. The first-order valence-electron chi connectivity index (χ1n) is 6.91. The van der Waals surface area contributed by atoms with E-state index in [0.29, 0.717) is 10.4 Å². The van der Waals surface area contributed by atoms with Crippen molar-refractivity contribution in [2.75, 3.05) is 0 Å². The number of hydrogen-bond donors (Lipinski definition) is 0. The number of nitrogens with zero attached hydrogens (tertiary/aromatic N) is 2. The van der Waals surface area contributed by atoms with Crippen molar-refractivity contribution < 1.29 is 26.3 Å². The Kier molecular flexibility index (Phi) is 6.00. The minimum atomic E-state index is -5.15. The number of thiophene rings is 1. The molecule has 0 bridgehead atoms. The first kappa shape index (κ1) is 21.8. The molecule has 0 aliphatic heterocycles. The molecule has 26 heavy (non-hydrogen) atoms. The topological polar surface area (TPSA) is 47.6 Å². The molecule has 1 aliphatic rings. The van der Waals surface area contributed by atoms with Gasteiger partial charge in [-0.15, -0.1) is 11.3 Å². The number of alkyl halides is 6. The van der Waals surface area contributed by atoms with E-state index in [0.717, 1.165) is 17.0 Å². The maximum atomic E-state index is 13.4. The highest BCUT2D eigenvalue weighted by Crippen LogP contribution is 2.52. The smallest absolute Gasteiger partial charge is 0.192 e. The summed E-state index contributed by atoms with van der Waals surface area (Å²) in [6, 6.07) is 3.81. The number of nitriles is 2. The Morgan fingerprint density at radius 1 is 0.962 bits per heavy atom. The molecule has 0 unspecified atom stereocenters. The third-order valence-electron chi connectivity index (χ3n) is 3.89. The Bertz CT molecular complexity index is 808. The zero-order valence-corrected chi connectivity index (χ0v) is 13.7. The Morgan fingerprint density at radius 2 is 1.38 bits per heavy atom. The maximum Gasteiger partial charge on any atom is 0.414 e. The van der Waals surface area contributed by atoms with E-state index in [1.165, 1.54) is 17.4 Å². The molecule has 0 saturated heterocycles. The van der Waals surface area contributed by atoms with Crippen molar-refractivity contribution in [1.29, 1.82) is 10.5 Å². The van der Waals surface area contributed by atoms with Gasteiger partial charge in [0.15, 0.2) is 0 Å². The lowest BCUT2D eigenvalue weighted by Crippen LogP contribution is -2.27. The lowest BCUT2D eigenvalue weighted by atomic mass is 9.87. The van der Waals surface area contributed by atoms with Gasteiger partial charge in [-0.05, 0) is 31.9 Å². The minimum Gasteiger partial charge on any atom is -0.192 e. The van der Waals surface area contributed by atoms with E-state index in [1.807, 2.05) is 0 Å². The second-order valence-electron chi connectivity index (χ2n) is 5.49. The third kappa shape index (κ3) is 3.78. The minimum absolute atomic E-state index is 0. The van der Waals surface area contributed by atoms with Crippen LogP contribution in [0.15, 0.2) is 28.4 Å². The number of allylic oxidation sites excluding steroid dienone is 4. The predicted octanol–water partition coefficient (Wildman–Crippen LogP) is 5.94. The van der Waals surface area contributed by atoms with Crippen LogP contribution in [0.3, 0.4) is 0 Å². The maximum absolute atomic E-state index is 13.4. The summed E-state index contributed by atoms with van der Waals surface area (Å²) in [5, 5.41) is 17.9. The van der Waals surface area contributed by atoms with Gasteiger partial charge < -0.3 is 0 Å². The van der Waals surface area contributed by atoms with E-state index in [4.69, 9.17) is 10.5 Å². The van der Waals surface area contributed by atoms with Gasteiger partial charge >= 0.3 is 12.4 Å². The van der Waals surface area contributed by atoms with Crippen LogP contribution < -0.4 is 0 Å². The van der Waals surface area contributed by atoms with Crippen LogP contribution in [0.1, 0.15) is 22.7 Å². The van der Waals surface area contributed by atoms with Crippen molar-refractivity contribution in [2.24, 2.45) is 5.92 Å². The van der Waals surface area contributed by atoms with Crippen molar-refractivity contribution in [3.8, 4) is 12.1 Å². The molecule has 0 spiro atoms. The van der Waals surface area contributed by atoms with E-state index in [9.17, 15) is 26.3 Å². The molecule has 2 rings (SSSR count). The van der Waals surface area contributed by atoms with Crippen molar-refractivity contribution in [2.45, 2.75) is 40.0 Å². The lowest BCUT2D eigenvalue weighted by molar-refractivity contribution is -0.111. The Morgan fingerprint density at radius 3 is 1.65 bits per heavy atom. The quantitative estimate of drug-likeness (QED) is 0.585. The van der Waals surface area contributed by atoms with Gasteiger partial charge in [-0.2, -0.15) is 36.9 Å². The molecule has 0 amide bonds. The molecule has 1 aliphatic carbocycles. The second-order valence-corrected chi connectivity index (χ2v) is 6.95. The van der Waals surface area contributed by atoms with Gasteiger partial charge in [0.25, 0.3) is 0 Å². The van der Waals surface area contributed by atoms with Gasteiger partial charge in [0, 0.05) is 15.7 Å². The highest BCUT2D eigenvalue weighted by atomic mass is 32.1. The number of halogens is 6. The Hall–Kier alpha value is -2.26. The zero-order valence-electron chi connectivity index (χ0n) is 12.9. The largest absolute Gasteiger partial charge is 0.414 e. The van der Waals surface area contributed by atoms with Gasteiger partial charge in [0.05, 0.1) is 22.3 Å². The predicted molar refractivity (Wildman–Crippen MR) is 85.1 cm³/mol. The van der Waals surface area contributed by atoms with Crippen molar-refractivity contribution >= 4 is 11.3 Å². The van der Waals surface area contributed by atoms with E-state index < -0.39 is 47.0 Å². The Balaban J connectivity index is 0.00000338. The molecule has 1 aromatic heterocycles. The first-order chi connectivity index (χ1) is 11.4. The third-order valence-corrected chi connectivity index (χ3v) is 4.90. The van der Waals surface area contributed by atoms with Crippen molar-refractivity contribution in [3.05, 3.63) is 43.7 Å². The summed E-state index contributed by atoms with van der Waals surface area (Å²) < 4.78 is 80.5. The van der Waals surface area contributed by atoms with Crippen LogP contribution in [0.25, 0.3) is 0 Å². The van der Waals surface area contributed by atoms with Crippen LogP contribution in [0.5, 0.6) is 0 Å². The van der Waals surface area contributed by atoms with Gasteiger partial charge in [-0.25, -0.2) is 0 Å².